The molecular formula is C16H20F3N3. The fraction of sp³-hybridized carbons (Fsp3) is 0.562. The average molecular weight is 311 g/mol. The van der Waals surface area contributed by atoms with E-state index >= 15 is 0 Å². The molecule has 0 N–H and O–H groups in total. The van der Waals surface area contributed by atoms with E-state index in [0.717, 1.165) is 32.4 Å². The molecule has 0 saturated carbocycles. The molecule has 1 aromatic heterocycles. The maximum absolute atomic E-state index is 13.3. The molecule has 6 heteroatoms. The number of aromatic nitrogens is 2. The molecule has 0 bridgehead atoms. The predicted octanol–water partition coefficient (Wildman–Crippen LogP) is 4.13. The summed E-state index contributed by atoms with van der Waals surface area (Å²) in [5.74, 6) is -0.193. The molecule has 0 spiro atoms. The van der Waals surface area contributed by atoms with Crippen molar-refractivity contribution in [1.29, 1.82) is 0 Å². The number of fused-ring (bicyclic) bond motifs is 1. The van der Waals surface area contributed by atoms with E-state index in [1.54, 1.807) is 24.3 Å². The third-order valence-corrected chi connectivity index (χ3v) is 4.32. The number of hydrogen-bond donors (Lipinski definition) is 0. The smallest absolute Gasteiger partial charge is 0.307 e. The number of likely N-dealkylation sites (tertiary alicyclic amines) is 1. The number of para-hydroxylation sites is 2. The van der Waals surface area contributed by atoms with Gasteiger partial charge in [-0.25, -0.2) is 4.98 Å². The van der Waals surface area contributed by atoms with Gasteiger partial charge in [0.15, 0.2) is 0 Å². The van der Waals surface area contributed by atoms with Gasteiger partial charge >= 0.3 is 6.18 Å². The third kappa shape index (κ3) is 2.97. The number of hydrogen-bond acceptors (Lipinski definition) is 2. The highest BCUT2D eigenvalue weighted by Crippen LogP contribution is 2.32. The summed E-state index contributed by atoms with van der Waals surface area (Å²) in [6.07, 6.45) is -1.09. The molecule has 3 nitrogen and oxygen atoms in total. The highest BCUT2D eigenvalue weighted by atomic mass is 19.4. The summed E-state index contributed by atoms with van der Waals surface area (Å²) >= 11 is 0. The highest BCUT2D eigenvalue weighted by molar-refractivity contribution is 5.76. The minimum absolute atomic E-state index is 0.259. The number of alkyl halides is 3. The Labute approximate surface area is 127 Å². The van der Waals surface area contributed by atoms with Crippen molar-refractivity contribution < 1.29 is 13.2 Å². The van der Waals surface area contributed by atoms with Crippen LogP contribution < -0.4 is 0 Å². The maximum Gasteiger partial charge on any atom is 0.449 e. The maximum atomic E-state index is 13.3. The Kier molecular flexibility index (Phi) is 4.12. The van der Waals surface area contributed by atoms with Gasteiger partial charge in [-0.2, -0.15) is 13.2 Å². The monoisotopic (exact) mass is 311 g/mol. The van der Waals surface area contributed by atoms with Gasteiger partial charge in [-0.05, 0) is 30.9 Å². The molecule has 22 heavy (non-hydrogen) atoms. The highest BCUT2D eigenvalue weighted by Gasteiger charge is 2.38. The molecule has 1 saturated heterocycles. The lowest BCUT2D eigenvalue weighted by Crippen LogP contribution is -2.27. The van der Waals surface area contributed by atoms with E-state index in [4.69, 9.17) is 0 Å². The molecule has 120 valence electrons. The van der Waals surface area contributed by atoms with Crippen LogP contribution in [-0.4, -0.2) is 27.5 Å². The van der Waals surface area contributed by atoms with Gasteiger partial charge in [-0.1, -0.05) is 25.5 Å². The Morgan fingerprint density at radius 3 is 2.77 bits per heavy atom. The molecule has 0 aliphatic carbocycles. The van der Waals surface area contributed by atoms with Gasteiger partial charge < -0.3 is 4.57 Å². The van der Waals surface area contributed by atoms with E-state index in [0.29, 0.717) is 17.0 Å². The van der Waals surface area contributed by atoms with E-state index in [2.05, 4.69) is 16.8 Å². The van der Waals surface area contributed by atoms with Crippen LogP contribution in [0.15, 0.2) is 24.3 Å². The van der Waals surface area contributed by atoms with Crippen LogP contribution in [0.4, 0.5) is 13.2 Å². The zero-order valence-corrected chi connectivity index (χ0v) is 12.6. The average Bonchev–Trinajstić information content (AvgIpc) is 3.05. The lowest BCUT2D eigenvalue weighted by Gasteiger charge is -2.19. The molecule has 1 aliphatic heterocycles. The van der Waals surface area contributed by atoms with Gasteiger partial charge in [0, 0.05) is 13.1 Å². The lowest BCUT2D eigenvalue weighted by atomic mass is 10.0. The van der Waals surface area contributed by atoms with Gasteiger partial charge in [0.1, 0.15) is 0 Å². The zero-order valence-electron chi connectivity index (χ0n) is 12.6. The molecule has 1 fully saturated rings. The molecule has 1 aliphatic rings. The summed E-state index contributed by atoms with van der Waals surface area (Å²) in [6, 6.07) is 6.81. The molecule has 0 radical (unpaired) electrons. The molecule has 0 amide bonds. The van der Waals surface area contributed by atoms with Gasteiger partial charge in [0.25, 0.3) is 0 Å². The minimum atomic E-state index is -4.43. The normalized spacial score (nSPS) is 20.1. The van der Waals surface area contributed by atoms with E-state index in [9.17, 15) is 13.2 Å². The Morgan fingerprint density at radius 2 is 2.05 bits per heavy atom. The van der Waals surface area contributed by atoms with E-state index in [1.807, 2.05) is 0 Å². The summed E-state index contributed by atoms with van der Waals surface area (Å²) in [5.41, 5.74) is 0.952. The number of benzene rings is 1. The van der Waals surface area contributed by atoms with Crippen molar-refractivity contribution in [2.24, 2.45) is 5.92 Å². The summed E-state index contributed by atoms with van der Waals surface area (Å²) in [7, 11) is 0. The van der Waals surface area contributed by atoms with Crippen molar-refractivity contribution in [3.8, 4) is 0 Å². The summed E-state index contributed by atoms with van der Waals surface area (Å²) in [4.78, 5) is 5.89. The third-order valence-electron chi connectivity index (χ3n) is 4.32. The van der Waals surface area contributed by atoms with Gasteiger partial charge in [-0.15, -0.1) is 0 Å². The second-order valence-corrected chi connectivity index (χ2v) is 6.01. The van der Waals surface area contributed by atoms with Gasteiger partial charge in [-0.3, -0.25) is 4.90 Å². The van der Waals surface area contributed by atoms with Crippen LogP contribution in [-0.2, 0) is 12.8 Å². The number of rotatable bonds is 4. The lowest BCUT2D eigenvalue weighted by molar-refractivity contribution is -0.147. The van der Waals surface area contributed by atoms with Crippen molar-refractivity contribution >= 4 is 11.0 Å². The number of halogens is 3. The number of imidazole rings is 1. The first-order valence-electron chi connectivity index (χ1n) is 7.74. The molecule has 1 atom stereocenters. The molecule has 2 heterocycles. The predicted molar refractivity (Wildman–Crippen MR) is 79.3 cm³/mol. The topological polar surface area (TPSA) is 21.1 Å². The largest absolute Gasteiger partial charge is 0.449 e. The van der Waals surface area contributed by atoms with Crippen LogP contribution in [0.3, 0.4) is 0 Å². The van der Waals surface area contributed by atoms with Crippen LogP contribution in [0.5, 0.6) is 0 Å². The van der Waals surface area contributed by atoms with Crippen molar-refractivity contribution in [1.82, 2.24) is 14.5 Å². The van der Waals surface area contributed by atoms with Crippen LogP contribution in [0.25, 0.3) is 11.0 Å². The Hall–Kier alpha value is -1.56. The fourth-order valence-electron chi connectivity index (χ4n) is 3.32. The standard InChI is InChI=1S/C16H20F3N3/c1-2-5-12-8-9-21(10-12)11-22-14-7-4-3-6-13(14)20-15(22)16(17,18)19/h3-4,6-7,12H,2,5,8-11H2,1H3. The van der Waals surface area contributed by atoms with Crippen molar-refractivity contribution in [2.75, 3.05) is 13.1 Å². The fourth-order valence-corrected chi connectivity index (χ4v) is 3.32. The Balaban J connectivity index is 1.89. The number of nitrogens with zero attached hydrogens (tertiary/aromatic N) is 3. The van der Waals surface area contributed by atoms with Crippen molar-refractivity contribution in [2.45, 2.75) is 39.0 Å². The SMILES string of the molecule is CCCC1CCN(Cn2c(C(F)(F)F)nc3ccccc32)C1. The second-order valence-electron chi connectivity index (χ2n) is 6.01. The van der Waals surface area contributed by atoms with E-state index in [-0.39, 0.29) is 6.67 Å². The molecule has 2 aromatic rings. The quantitative estimate of drug-likeness (QED) is 0.846. The van der Waals surface area contributed by atoms with E-state index in [1.165, 1.54) is 4.57 Å². The van der Waals surface area contributed by atoms with Crippen LogP contribution in [0, 0.1) is 5.92 Å². The van der Waals surface area contributed by atoms with E-state index < -0.39 is 12.0 Å². The first kappa shape index (κ1) is 15.3. The Bertz CT molecular complexity index is 648. The van der Waals surface area contributed by atoms with Crippen LogP contribution >= 0.6 is 0 Å². The first-order chi connectivity index (χ1) is 10.5. The minimum Gasteiger partial charge on any atom is -0.307 e. The summed E-state index contributed by atoms with van der Waals surface area (Å²) in [5, 5.41) is 0. The molecule has 1 aromatic carbocycles. The molecule has 1 unspecified atom stereocenters. The summed E-state index contributed by atoms with van der Waals surface area (Å²) in [6.45, 7) is 4.13. The zero-order chi connectivity index (χ0) is 15.7. The first-order valence-corrected chi connectivity index (χ1v) is 7.74. The van der Waals surface area contributed by atoms with Gasteiger partial charge in [0.05, 0.1) is 17.7 Å². The molecule has 3 rings (SSSR count). The van der Waals surface area contributed by atoms with Crippen molar-refractivity contribution in [3.05, 3.63) is 30.1 Å². The second kappa shape index (κ2) is 5.91. The van der Waals surface area contributed by atoms with Gasteiger partial charge in [0.2, 0.25) is 5.82 Å². The Morgan fingerprint density at radius 1 is 1.27 bits per heavy atom. The van der Waals surface area contributed by atoms with Crippen molar-refractivity contribution in [3.63, 3.8) is 0 Å². The van der Waals surface area contributed by atoms with Crippen LogP contribution in [0.2, 0.25) is 0 Å². The molecular weight excluding hydrogens is 291 g/mol. The van der Waals surface area contributed by atoms with Crippen LogP contribution in [0.1, 0.15) is 32.0 Å². The summed E-state index contributed by atoms with van der Waals surface area (Å²) < 4.78 is 41.1.